The third-order valence-electron chi connectivity index (χ3n) is 2.91. The van der Waals surface area contributed by atoms with Gasteiger partial charge in [-0.05, 0) is 37.9 Å². The lowest BCUT2D eigenvalue weighted by Crippen LogP contribution is -2.34. The summed E-state index contributed by atoms with van der Waals surface area (Å²) >= 11 is 5.96. The predicted octanol–water partition coefficient (Wildman–Crippen LogP) is 2.53. The van der Waals surface area contributed by atoms with E-state index < -0.39 is 0 Å². The van der Waals surface area contributed by atoms with Crippen LogP contribution in [0.3, 0.4) is 0 Å². The second-order valence-electron chi connectivity index (χ2n) is 4.45. The number of hydrogen-bond donors (Lipinski definition) is 0. The molecule has 0 aromatic carbocycles. The van der Waals surface area contributed by atoms with Gasteiger partial charge in [-0.15, -0.1) is 11.6 Å². The van der Waals surface area contributed by atoms with Crippen LogP contribution in [0.15, 0.2) is 24.4 Å². The van der Waals surface area contributed by atoms with Crippen LogP contribution in [0.1, 0.15) is 18.5 Å². The number of rotatable bonds is 4. The maximum atomic E-state index is 5.96. The van der Waals surface area contributed by atoms with Gasteiger partial charge < -0.3 is 4.90 Å². The standard InChI is InChI=1S/C12H17ClN2/c1-15(8-10-6-11(13)7-10)9-12-4-2-3-5-14-12/h2-5,10-11H,6-9H2,1H3. The Kier molecular flexibility index (Phi) is 3.60. The normalized spacial score (nSPS) is 25.3. The van der Waals surface area contributed by atoms with E-state index in [1.165, 1.54) is 12.8 Å². The molecule has 1 heterocycles. The van der Waals surface area contributed by atoms with Gasteiger partial charge in [0.1, 0.15) is 0 Å². The van der Waals surface area contributed by atoms with Crippen molar-refractivity contribution in [2.45, 2.75) is 24.8 Å². The Balaban J connectivity index is 1.75. The van der Waals surface area contributed by atoms with Gasteiger partial charge in [-0.3, -0.25) is 4.98 Å². The molecule has 2 nitrogen and oxygen atoms in total. The molecule has 1 aromatic rings. The number of nitrogens with zero attached hydrogens (tertiary/aromatic N) is 2. The molecule has 1 aliphatic carbocycles. The zero-order chi connectivity index (χ0) is 10.7. The minimum Gasteiger partial charge on any atom is -0.300 e. The number of aromatic nitrogens is 1. The van der Waals surface area contributed by atoms with E-state index >= 15 is 0 Å². The number of alkyl halides is 1. The largest absolute Gasteiger partial charge is 0.300 e. The van der Waals surface area contributed by atoms with Gasteiger partial charge in [-0.1, -0.05) is 6.07 Å². The summed E-state index contributed by atoms with van der Waals surface area (Å²) in [5.41, 5.74) is 1.14. The second kappa shape index (κ2) is 4.95. The van der Waals surface area contributed by atoms with Crippen LogP contribution in [0.5, 0.6) is 0 Å². The highest BCUT2D eigenvalue weighted by atomic mass is 35.5. The molecule has 82 valence electrons. The van der Waals surface area contributed by atoms with Gasteiger partial charge in [0.15, 0.2) is 0 Å². The highest BCUT2D eigenvalue weighted by Gasteiger charge is 2.27. The third-order valence-corrected chi connectivity index (χ3v) is 3.26. The van der Waals surface area contributed by atoms with Crippen molar-refractivity contribution < 1.29 is 0 Å². The monoisotopic (exact) mass is 224 g/mol. The average molecular weight is 225 g/mol. The summed E-state index contributed by atoms with van der Waals surface area (Å²) in [6.07, 6.45) is 4.20. The first-order valence-electron chi connectivity index (χ1n) is 5.46. The van der Waals surface area contributed by atoms with E-state index in [-0.39, 0.29) is 0 Å². The molecule has 0 spiro atoms. The molecule has 0 saturated heterocycles. The quantitative estimate of drug-likeness (QED) is 0.731. The van der Waals surface area contributed by atoms with Crippen LogP contribution >= 0.6 is 11.6 Å². The minimum atomic E-state index is 0.429. The minimum absolute atomic E-state index is 0.429. The second-order valence-corrected chi connectivity index (χ2v) is 5.07. The van der Waals surface area contributed by atoms with Gasteiger partial charge in [0.05, 0.1) is 5.69 Å². The summed E-state index contributed by atoms with van der Waals surface area (Å²) in [7, 11) is 2.15. The van der Waals surface area contributed by atoms with E-state index in [9.17, 15) is 0 Å². The molecular formula is C12H17ClN2. The predicted molar refractivity (Wildman–Crippen MR) is 62.9 cm³/mol. The van der Waals surface area contributed by atoms with Crippen molar-refractivity contribution in [3.63, 3.8) is 0 Å². The van der Waals surface area contributed by atoms with E-state index in [2.05, 4.69) is 23.0 Å². The first-order chi connectivity index (χ1) is 7.24. The van der Waals surface area contributed by atoms with Gasteiger partial charge in [0.25, 0.3) is 0 Å². The number of halogens is 1. The molecule has 0 N–H and O–H groups in total. The SMILES string of the molecule is CN(Cc1ccccn1)CC1CC(Cl)C1. The summed E-state index contributed by atoms with van der Waals surface area (Å²) in [5, 5.41) is 0.429. The fourth-order valence-electron chi connectivity index (χ4n) is 2.08. The van der Waals surface area contributed by atoms with Crippen LogP contribution in [0.25, 0.3) is 0 Å². The molecule has 0 atom stereocenters. The third kappa shape index (κ3) is 3.18. The van der Waals surface area contributed by atoms with Gasteiger partial charge in [-0.25, -0.2) is 0 Å². The van der Waals surface area contributed by atoms with Crippen LogP contribution < -0.4 is 0 Å². The van der Waals surface area contributed by atoms with Crippen molar-refractivity contribution >= 4 is 11.6 Å². The lowest BCUT2D eigenvalue weighted by Gasteiger charge is -2.34. The number of hydrogen-bond acceptors (Lipinski definition) is 2. The zero-order valence-electron chi connectivity index (χ0n) is 9.06. The molecule has 0 amide bonds. The molecule has 15 heavy (non-hydrogen) atoms. The molecule has 3 heteroatoms. The lowest BCUT2D eigenvalue weighted by molar-refractivity contribution is 0.202. The summed E-state index contributed by atoms with van der Waals surface area (Å²) in [5.74, 6) is 0.793. The highest BCUT2D eigenvalue weighted by Crippen LogP contribution is 2.32. The molecule has 0 unspecified atom stereocenters. The maximum absolute atomic E-state index is 5.96. The van der Waals surface area contributed by atoms with Crippen LogP contribution in [0.2, 0.25) is 0 Å². The van der Waals surface area contributed by atoms with E-state index in [4.69, 9.17) is 11.6 Å². The summed E-state index contributed by atoms with van der Waals surface area (Å²) in [6.45, 7) is 2.07. The smallest absolute Gasteiger partial charge is 0.0543 e. The maximum Gasteiger partial charge on any atom is 0.0543 e. The van der Waals surface area contributed by atoms with Crippen molar-refractivity contribution in [2.24, 2.45) is 5.92 Å². The van der Waals surface area contributed by atoms with Crippen molar-refractivity contribution in [1.82, 2.24) is 9.88 Å². The van der Waals surface area contributed by atoms with Crippen LogP contribution in [-0.4, -0.2) is 28.9 Å². The van der Waals surface area contributed by atoms with E-state index in [0.29, 0.717) is 5.38 Å². The van der Waals surface area contributed by atoms with Gasteiger partial charge in [-0.2, -0.15) is 0 Å². The average Bonchev–Trinajstić information content (AvgIpc) is 2.17. The van der Waals surface area contributed by atoms with Crippen molar-refractivity contribution in [1.29, 1.82) is 0 Å². The Bertz CT molecular complexity index is 296. The Hall–Kier alpha value is -0.600. The van der Waals surface area contributed by atoms with E-state index in [1.807, 2.05) is 18.3 Å². The topological polar surface area (TPSA) is 16.1 Å². The Morgan fingerprint density at radius 1 is 1.47 bits per heavy atom. The molecular weight excluding hydrogens is 208 g/mol. The van der Waals surface area contributed by atoms with E-state index in [1.54, 1.807) is 0 Å². The van der Waals surface area contributed by atoms with Crippen LogP contribution in [-0.2, 0) is 6.54 Å². The Morgan fingerprint density at radius 2 is 2.27 bits per heavy atom. The van der Waals surface area contributed by atoms with Crippen molar-refractivity contribution in [2.75, 3.05) is 13.6 Å². The highest BCUT2D eigenvalue weighted by molar-refractivity contribution is 6.21. The summed E-state index contributed by atoms with van der Waals surface area (Å²) in [4.78, 5) is 6.65. The first kappa shape index (κ1) is 10.9. The molecule has 0 aliphatic heterocycles. The Morgan fingerprint density at radius 3 is 2.87 bits per heavy atom. The fraction of sp³-hybridized carbons (Fsp3) is 0.583. The van der Waals surface area contributed by atoms with Crippen LogP contribution in [0.4, 0.5) is 0 Å². The molecule has 0 bridgehead atoms. The number of pyridine rings is 1. The van der Waals surface area contributed by atoms with Crippen LogP contribution in [0, 0.1) is 5.92 Å². The first-order valence-corrected chi connectivity index (χ1v) is 5.90. The van der Waals surface area contributed by atoms with E-state index in [0.717, 1.165) is 24.7 Å². The zero-order valence-corrected chi connectivity index (χ0v) is 9.82. The summed E-state index contributed by atoms with van der Waals surface area (Å²) < 4.78 is 0. The Labute approximate surface area is 96.3 Å². The summed E-state index contributed by atoms with van der Waals surface area (Å²) in [6, 6.07) is 6.06. The molecule has 1 aliphatic rings. The van der Waals surface area contributed by atoms with Gasteiger partial charge in [0, 0.05) is 24.7 Å². The molecule has 2 rings (SSSR count). The molecule has 1 saturated carbocycles. The van der Waals surface area contributed by atoms with Gasteiger partial charge in [0.2, 0.25) is 0 Å². The molecule has 1 fully saturated rings. The van der Waals surface area contributed by atoms with Crippen molar-refractivity contribution in [3.05, 3.63) is 30.1 Å². The lowest BCUT2D eigenvalue weighted by atomic mass is 9.84. The van der Waals surface area contributed by atoms with Crippen molar-refractivity contribution in [3.8, 4) is 0 Å². The fourth-order valence-corrected chi connectivity index (χ4v) is 2.58. The molecule has 1 aromatic heterocycles. The molecule has 0 radical (unpaired) electrons. The van der Waals surface area contributed by atoms with Gasteiger partial charge >= 0.3 is 0 Å².